The molecule has 0 saturated carbocycles. The number of fused-ring (bicyclic) bond motifs is 1. The lowest BCUT2D eigenvalue weighted by atomic mass is 10.0. The van der Waals surface area contributed by atoms with E-state index in [0.717, 1.165) is 60.5 Å². The molecule has 1 aliphatic rings. The Labute approximate surface area is 184 Å². The van der Waals surface area contributed by atoms with Crippen LogP contribution in [0.5, 0.6) is 0 Å². The fraction of sp³-hybridized carbons (Fsp3) is 0.250. The first-order valence-corrected chi connectivity index (χ1v) is 10.8. The van der Waals surface area contributed by atoms with Crippen molar-refractivity contribution in [2.75, 3.05) is 13.1 Å². The zero-order valence-corrected chi connectivity index (χ0v) is 17.6. The van der Waals surface area contributed by atoms with Crippen LogP contribution in [0.25, 0.3) is 22.3 Å². The van der Waals surface area contributed by atoms with Gasteiger partial charge in [-0.05, 0) is 67.4 Å². The summed E-state index contributed by atoms with van der Waals surface area (Å²) >= 11 is 6.06. The number of piperidine rings is 1. The summed E-state index contributed by atoms with van der Waals surface area (Å²) in [6, 6.07) is 18.1. The van der Waals surface area contributed by atoms with Crippen molar-refractivity contribution in [3.8, 4) is 11.3 Å². The van der Waals surface area contributed by atoms with Crippen LogP contribution in [0, 0.1) is 5.82 Å². The average molecular weight is 437 g/mol. The van der Waals surface area contributed by atoms with Crippen molar-refractivity contribution in [1.82, 2.24) is 19.4 Å². The fourth-order valence-electron chi connectivity index (χ4n) is 4.38. The number of nitrogens with zero attached hydrogens (tertiary/aromatic N) is 3. The highest BCUT2D eigenvalue weighted by molar-refractivity contribution is 6.31. The highest BCUT2D eigenvalue weighted by Gasteiger charge is 2.24. The minimum atomic E-state index is -0.250. The van der Waals surface area contributed by atoms with Gasteiger partial charge in [0.25, 0.3) is 0 Å². The number of H-pyrrole nitrogens is 1. The first-order chi connectivity index (χ1) is 15.1. The molecule has 5 rings (SSSR count). The second-order valence-electron chi connectivity index (χ2n) is 7.99. The molecule has 1 aliphatic heterocycles. The maximum absolute atomic E-state index is 13.2. The van der Waals surface area contributed by atoms with Gasteiger partial charge in [-0.25, -0.2) is 9.18 Å². The molecule has 0 unspecified atom stereocenters. The molecule has 31 heavy (non-hydrogen) atoms. The predicted molar refractivity (Wildman–Crippen MR) is 121 cm³/mol. The summed E-state index contributed by atoms with van der Waals surface area (Å²) in [5, 5.41) is 0.617. The predicted octanol–water partition coefficient (Wildman–Crippen LogP) is 5.02. The zero-order valence-electron chi connectivity index (χ0n) is 16.9. The molecule has 1 N–H and O–H groups in total. The number of hydrogen-bond acceptors (Lipinski definition) is 3. The van der Waals surface area contributed by atoms with E-state index in [1.54, 1.807) is 18.2 Å². The van der Waals surface area contributed by atoms with Crippen molar-refractivity contribution in [2.45, 2.75) is 25.4 Å². The first kappa shape index (κ1) is 20.0. The molecular weight excluding hydrogens is 415 g/mol. The lowest BCUT2D eigenvalue weighted by molar-refractivity contribution is 0.178. The van der Waals surface area contributed by atoms with E-state index in [0.29, 0.717) is 5.02 Å². The Hall–Kier alpha value is -2.96. The lowest BCUT2D eigenvalue weighted by Crippen LogP contribution is -2.36. The number of halogens is 2. The van der Waals surface area contributed by atoms with Gasteiger partial charge in [0.15, 0.2) is 0 Å². The normalized spacial score (nSPS) is 15.5. The summed E-state index contributed by atoms with van der Waals surface area (Å²) in [7, 11) is 0. The molecular formula is C24H22ClFN4O. The van der Waals surface area contributed by atoms with Crippen molar-refractivity contribution < 1.29 is 4.39 Å². The van der Waals surface area contributed by atoms with Gasteiger partial charge in [0.2, 0.25) is 0 Å². The molecule has 0 atom stereocenters. The van der Waals surface area contributed by atoms with Crippen LogP contribution in [0.1, 0.15) is 24.6 Å². The summed E-state index contributed by atoms with van der Waals surface area (Å²) in [4.78, 5) is 22.6. The van der Waals surface area contributed by atoms with Gasteiger partial charge in [-0.15, -0.1) is 0 Å². The molecule has 0 bridgehead atoms. The minimum Gasteiger partial charge on any atom is -0.305 e. The molecule has 1 saturated heterocycles. The quantitative estimate of drug-likeness (QED) is 0.488. The number of imidazole rings is 1. The van der Waals surface area contributed by atoms with Crippen LogP contribution in [0.4, 0.5) is 4.39 Å². The third kappa shape index (κ3) is 4.13. The average Bonchev–Trinajstić information content (AvgIpc) is 3.10. The van der Waals surface area contributed by atoms with Gasteiger partial charge in [-0.2, -0.15) is 0 Å². The van der Waals surface area contributed by atoms with Gasteiger partial charge in [0.1, 0.15) is 5.82 Å². The molecule has 5 nitrogen and oxygen atoms in total. The number of rotatable bonds is 4. The van der Waals surface area contributed by atoms with Crippen molar-refractivity contribution in [3.63, 3.8) is 0 Å². The lowest BCUT2D eigenvalue weighted by Gasteiger charge is -2.32. The van der Waals surface area contributed by atoms with Crippen LogP contribution in [-0.2, 0) is 6.54 Å². The summed E-state index contributed by atoms with van der Waals surface area (Å²) in [5.74, 6) is -0.250. The van der Waals surface area contributed by atoms with Crippen molar-refractivity contribution in [1.29, 1.82) is 0 Å². The largest absolute Gasteiger partial charge is 0.326 e. The zero-order chi connectivity index (χ0) is 21.4. The van der Waals surface area contributed by atoms with E-state index in [2.05, 4.69) is 9.88 Å². The van der Waals surface area contributed by atoms with Crippen LogP contribution in [0.3, 0.4) is 0 Å². The Morgan fingerprint density at radius 1 is 1.06 bits per heavy atom. The summed E-state index contributed by atoms with van der Waals surface area (Å²) in [5.41, 5.74) is 4.34. The highest BCUT2D eigenvalue weighted by Crippen LogP contribution is 2.27. The Kier molecular flexibility index (Phi) is 5.34. The topological polar surface area (TPSA) is 53.9 Å². The fourth-order valence-corrected chi connectivity index (χ4v) is 4.55. The molecule has 0 spiro atoms. The van der Waals surface area contributed by atoms with E-state index < -0.39 is 0 Å². The number of aromatic nitrogens is 3. The van der Waals surface area contributed by atoms with E-state index in [1.807, 2.05) is 34.9 Å². The van der Waals surface area contributed by atoms with Gasteiger partial charge in [-0.3, -0.25) is 14.5 Å². The van der Waals surface area contributed by atoms with Crippen LogP contribution >= 0.6 is 11.6 Å². The number of aromatic amines is 1. The van der Waals surface area contributed by atoms with Gasteiger partial charge in [0, 0.05) is 36.3 Å². The van der Waals surface area contributed by atoms with E-state index in [4.69, 9.17) is 16.6 Å². The Bertz CT molecular complexity index is 1270. The molecule has 3 heterocycles. The molecule has 4 aromatic rings. The molecule has 2 aromatic carbocycles. The third-order valence-corrected chi connectivity index (χ3v) is 6.17. The van der Waals surface area contributed by atoms with Gasteiger partial charge in [-0.1, -0.05) is 17.7 Å². The Morgan fingerprint density at radius 3 is 2.61 bits per heavy atom. The summed E-state index contributed by atoms with van der Waals surface area (Å²) in [6.07, 6.45) is 1.79. The maximum atomic E-state index is 13.2. The second-order valence-corrected chi connectivity index (χ2v) is 8.43. The Morgan fingerprint density at radius 2 is 1.84 bits per heavy atom. The summed E-state index contributed by atoms with van der Waals surface area (Å²) in [6.45, 7) is 2.53. The van der Waals surface area contributed by atoms with Gasteiger partial charge < -0.3 is 4.98 Å². The SMILES string of the molecule is O=c1[nH]c2cc(Cl)ccc2n1C1CCN(Cc2cccc(-c3ccc(F)cc3)n2)CC1. The van der Waals surface area contributed by atoms with Gasteiger partial charge in [0.05, 0.1) is 22.4 Å². The minimum absolute atomic E-state index is 0.0793. The number of pyridine rings is 1. The first-order valence-electron chi connectivity index (χ1n) is 10.4. The number of hydrogen-bond donors (Lipinski definition) is 1. The van der Waals surface area contributed by atoms with E-state index >= 15 is 0 Å². The highest BCUT2D eigenvalue weighted by atomic mass is 35.5. The van der Waals surface area contributed by atoms with E-state index in [1.165, 1.54) is 12.1 Å². The van der Waals surface area contributed by atoms with Crippen LogP contribution < -0.4 is 5.69 Å². The maximum Gasteiger partial charge on any atom is 0.326 e. The standard InChI is InChI=1S/C24H22ClFN4O/c25-17-6-9-23-22(14-17)28-24(31)30(23)20-10-12-29(13-11-20)15-19-2-1-3-21(27-19)16-4-7-18(26)8-5-16/h1-9,14,20H,10-13,15H2,(H,28,31). The molecule has 0 amide bonds. The van der Waals surface area contributed by atoms with Gasteiger partial charge >= 0.3 is 5.69 Å². The van der Waals surface area contributed by atoms with Crippen molar-refractivity contribution in [2.24, 2.45) is 0 Å². The molecule has 7 heteroatoms. The number of likely N-dealkylation sites (tertiary alicyclic amines) is 1. The van der Waals surface area contributed by atoms with E-state index in [9.17, 15) is 9.18 Å². The van der Waals surface area contributed by atoms with Crippen molar-refractivity contribution in [3.05, 3.63) is 87.7 Å². The smallest absolute Gasteiger partial charge is 0.305 e. The number of benzene rings is 2. The third-order valence-electron chi connectivity index (χ3n) is 5.93. The van der Waals surface area contributed by atoms with Crippen LogP contribution in [0.2, 0.25) is 5.02 Å². The summed E-state index contributed by atoms with van der Waals surface area (Å²) < 4.78 is 15.1. The molecule has 0 radical (unpaired) electrons. The van der Waals surface area contributed by atoms with Crippen LogP contribution in [-0.4, -0.2) is 32.5 Å². The molecule has 1 fully saturated rings. The van der Waals surface area contributed by atoms with Crippen molar-refractivity contribution >= 4 is 22.6 Å². The molecule has 0 aliphatic carbocycles. The van der Waals surface area contributed by atoms with Crippen LogP contribution in [0.15, 0.2) is 65.5 Å². The monoisotopic (exact) mass is 436 g/mol. The number of nitrogens with one attached hydrogen (secondary N) is 1. The molecule has 158 valence electrons. The second kappa shape index (κ2) is 8.29. The molecule has 2 aromatic heterocycles. The Balaban J connectivity index is 1.28. The van der Waals surface area contributed by atoms with E-state index in [-0.39, 0.29) is 17.5 Å².